The Bertz CT molecular complexity index is 899. The highest BCUT2D eigenvalue weighted by Gasteiger charge is 2.37. The molecule has 0 radical (unpaired) electrons. The summed E-state index contributed by atoms with van der Waals surface area (Å²) in [5, 5.41) is 2.96. The third kappa shape index (κ3) is 3.34. The van der Waals surface area contributed by atoms with Crippen molar-refractivity contribution in [2.75, 3.05) is 18.5 Å². The average Bonchev–Trinajstić information content (AvgIpc) is 2.71. The van der Waals surface area contributed by atoms with E-state index in [0.717, 1.165) is 41.5 Å². The number of carbonyl (C=O) groups excluding carboxylic acids is 2. The molecule has 2 aromatic carbocycles. The van der Waals surface area contributed by atoms with Gasteiger partial charge in [-0.25, -0.2) is 0 Å². The highest BCUT2D eigenvalue weighted by atomic mass is 79.9. The molecule has 0 aromatic heterocycles. The first-order valence-corrected chi connectivity index (χ1v) is 10.0. The zero-order valence-corrected chi connectivity index (χ0v) is 16.8. The Labute approximate surface area is 167 Å². The number of amides is 2. The number of nitrogens with one attached hydrogen (secondary N) is 1. The highest BCUT2D eigenvalue weighted by Crippen LogP contribution is 2.34. The number of hydrogen-bond acceptors (Lipinski definition) is 3. The summed E-state index contributed by atoms with van der Waals surface area (Å²) < 4.78 is 0.971. The second-order valence-corrected chi connectivity index (χ2v) is 7.95. The monoisotopic (exact) mass is 427 g/mol. The van der Waals surface area contributed by atoms with Gasteiger partial charge in [0.2, 0.25) is 0 Å². The van der Waals surface area contributed by atoms with Crippen molar-refractivity contribution in [3.8, 4) is 0 Å². The molecule has 0 bridgehead atoms. The first-order chi connectivity index (χ1) is 13.1. The van der Waals surface area contributed by atoms with E-state index in [4.69, 9.17) is 0 Å². The van der Waals surface area contributed by atoms with E-state index in [1.165, 1.54) is 0 Å². The lowest BCUT2D eigenvalue weighted by atomic mass is 9.97. The number of piperidine rings is 1. The summed E-state index contributed by atoms with van der Waals surface area (Å²) in [6.07, 6.45) is 3.25. The van der Waals surface area contributed by atoms with E-state index in [-0.39, 0.29) is 18.0 Å². The zero-order chi connectivity index (χ0) is 19.0. The standard InChI is InChI=1S/C21H22BrN3O2/c1-24-18-12-14(20(26)23-13-15-6-2-3-7-17(15)22)9-10-16(18)21(27)25-11-5-4-8-19(24)25/h2-3,6-7,9-10,12,19H,4-5,8,11,13H2,1H3,(H,23,26)/t19-/m1/s1. The van der Waals surface area contributed by atoms with Crippen molar-refractivity contribution in [2.45, 2.75) is 32.0 Å². The van der Waals surface area contributed by atoms with Gasteiger partial charge in [0.05, 0.1) is 11.3 Å². The van der Waals surface area contributed by atoms with Crippen molar-refractivity contribution in [3.05, 3.63) is 63.6 Å². The van der Waals surface area contributed by atoms with Crippen LogP contribution in [0.5, 0.6) is 0 Å². The average molecular weight is 428 g/mol. The van der Waals surface area contributed by atoms with Gasteiger partial charge in [-0.1, -0.05) is 34.1 Å². The van der Waals surface area contributed by atoms with E-state index in [1.54, 1.807) is 12.1 Å². The molecule has 0 saturated carbocycles. The molecule has 5 nitrogen and oxygen atoms in total. The molecule has 2 amide bonds. The quantitative estimate of drug-likeness (QED) is 0.810. The first-order valence-electron chi connectivity index (χ1n) is 9.26. The highest BCUT2D eigenvalue weighted by molar-refractivity contribution is 9.10. The van der Waals surface area contributed by atoms with Crippen LogP contribution in [0, 0.1) is 0 Å². The van der Waals surface area contributed by atoms with E-state index < -0.39 is 0 Å². The van der Waals surface area contributed by atoms with Crippen molar-refractivity contribution >= 4 is 33.4 Å². The number of hydrogen-bond donors (Lipinski definition) is 1. The maximum Gasteiger partial charge on any atom is 0.257 e. The lowest BCUT2D eigenvalue weighted by Crippen LogP contribution is -2.55. The molecule has 1 N–H and O–H groups in total. The minimum Gasteiger partial charge on any atom is -0.354 e. The molecule has 0 spiro atoms. The third-order valence-corrected chi connectivity index (χ3v) is 6.22. The van der Waals surface area contributed by atoms with Crippen LogP contribution in [0.3, 0.4) is 0 Å². The van der Waals surface area contributed by atoms with E-state index in [1.807, 2.05) is 42.3 Å². The van der Waals surface area contributed by atoms with Crippen molar-refractivity contribution in [1.29, 1.82) is 0 Å². The van der Waals surface area contributed by atoms with Gasteiger partial charge in [0, 0.05) is 30.2 Å². The van der Waals surface area contributed by atoms with Gasteiger partial charge in [-0.15, -0.1) is 0 Å². The van der Waals surface area contributed by atoms with Crippen LogP contribution in [0.4, 0.5) is 5.69 Å². The van der Waals surface area contributed by atoms with Gasteiger partial charge in [-0.2, -0.15) is 0 Å². The number of rotatable bonds is 3. The topological polar surface area (TPSA) is 52.7 Å². The number of benzene rings is 2. The maximum absolute atomic E-state index is 12.8. The van der Waals surface area contributed by atoms with Crippen LogP contribution in [0.1, 0.15) is 45.5 Å². The number of fused-ring (bicyclic) bond motifs is 2. The van der Waals surface area contributed by atoms with Gasteiger partial charge in [-0.3, -0.25) is 9.59 Å². The Hall–Kier alpha value is -2.34. The summed E-state index contributed by atoms with van der Waals surface area (Å²) in [6, 6.07) is 13.2. The third-order valence-electron chi connectivity index (χ3n) is 5.45. The Morgan fingerprint density at radius 3 is 2.85 bits per heavy atom. The van der Waals surface area contributed by atoms with Crippen molar-refractivity contribution in [1.82, 2.24) is 10.2 Å². The van der Waals surface area contributed by atoms with Crippen LogP contribution < -0.4 is 10.2 Å². The molecule has 2 aliphatic heterocycles. The van der Waals surface area contributed by atoms with Crippen molar-refractivity contribution in [3.63, 3.8) is 0 Å². The summed E-state index contributed by atoms with van der Waals surface area (Å²) in [4.78, 5) is 29.6. The predicted molar refractivity (Wildman–Crippen MR) is 109 cm³/mol. The SMILES string of the molecule is CN1c2cc(C(=O)NCc3ccccc3Br)ccc2C(=O)N2CCCC[C@@H]21. The van der Waals surface area contributed by atoms with Gasteiger partial charge in [-0.05, 0) is 49.1 Å². The molecule has 1 fully saturated rings. The maximum atomic E-state index is 12.8. The molecule has 4 rings (SSSR count). The minimum atomic E-state index is -0.138. The fourth-order valence-corrected chi connectivity index (χ4v) is 4.36. The van der Waals surface area contributed by atoms with E-state index >= 15 is 0 Å². The Morgan fingerprint density at radius 2 is 2.04 bits per heavy atom. The predicted octanol–water partition coefficient (Wildman–Crippen LogP) is 3.78. The molecule has 2 aliphatic rings. The van der Waals surface area contributed by atoms with Crippen LogP contribution in [0.2, 0.25) is 0 Å². The van der Waals surface area contributed by atoms with Gasteiger partial charge < -0.3 is 15.1 Å². The number of halogens is 1. The van der Waals surface area contributed by atoms with Gasteiger partial charge >= 0.3 is 0 Å². The van der Waals surface area contributed by atoms with E-state index in [0.29, 0.717) is 17.7 Å². The molecule has 140 valence electrons. The molecule has 1 atom stereocenters. The second-order valence-electron chi connectivity index (χ2n) is 7.09. The number of nitrogens with zero attached hydrogens (tertiary/aromatic N) is 2. The molecule has 6 heteroatoms. The van der Waals surface area contributed by atoms with Crippen LogP contribution in [-0.4, -0.2) is 36.5 Å². The zero-order valence-electron chi connectivity index (χ0n) is 15.2. The fraction of sp³-hybridized carbons (Fsp3) is 0.333. The first kappa shape index (κ1) is 18.0. The van der Waals surface area contributed by atoms with Crippen molar-refractivity contribution in [2.24, 2.45) is 0 Å². The molecular weight excluding hydrogens is 406 g/mol. The summed E-state index contributed by atoms with van der Waals surface area (Å²) in [7, 11) is 2.01. The molecule has 0 aliphatic carbocycles. The second kappa shape index (κ2) is 7.35. The smallest absolute Gasteiger partial charge is 0.257 e. The van der Waals surface area contributed by atoms with Crippen LogP contribution in [0.15, 0.2) is 46.9 Å². The lowest BCUT2D eigenvalue weighted by molar-refractivity contribution is 0.0589. The normalized spacial score (nSPS) is 18.7. The summed E-state index contributed by atoms with van der Waals surface area (Å²) in [5.74, 6) is -0.0616. The molecule has 0 unspecified atom stereocenters. The van der Waals surface area contributed by atoms with Crippen LogP contribution in [-0.2, 0) is 6.54 Å². The molecule has 2 aromatic rings. The van der Waals surface area contributed by atoms with Gasteiger partial charge in [0.1, 0.15) is 6.17 Å². The largest absolute Gasteiger partial charge is 0.354 e. The van der Waals surface area contributed by atoms with Crippen LogP contribution >= 0.6 is 15.9 Å². The molecule has 1 saturated heterocycles. The van der Waals surface area contributed by atoms with Gasteiger partial charge in [0.15, 0.2) is 0 Å². The lowest BCUT2D eigenvalue weighted by Gasteiger charge is -2.46. The summed E-state index contributed by atoms with van der Waals surface area (Å²) in [6.45, 7) is 1.25. The number of anilines is 1. The summed E-state index contributed by atoms with van der Waals surface area (Å²) >= 11 is 3.50. The minimum absolute atomic E-state index is 0.0768. The van der Waals surface area contributed by atoms with Crippen LogP contribution in [0.25, 0.3) is 0 Å². The number of carbonyl (C=O) groups is 2. The molecule has 27 heavy (non-hydrogen) atoms. The summed E-state index contributed by atoms with van der Waals surface area (Å²) in [5.41, 5.74) is 3.12. The van der Waals surface area contributed by atoms with Gasteiger partial charge in [0.25, 0.3) is 11.8 Å². The Balaban J connectivity index is 1.55. The van der Waals surface area contributed by atoms with E-state index in [2.05, 4.69) is 26.1 Å². The fourth-order valence-electron chi connectivity index (χ4n) is 3.93. The Morgan fingerprint density at radius 1 is 1.22 bits per heavy atom. The van der Waals surface area contributed by atoms with Crippen molar-refractivity contribution < 1.29 is 9.59 Å². The Kier molecular flexibility index (Phi) is 4.91. The van der Waals surface area contributed by atoms with E-state index in [9.17, 15) is 9.59 Å². The molecule has 2 heterocycles. The molecular formula is C21H22BrN3O2.